The fourth-order valence-electron chi connectivity index (χ4n) is 2.83. The van der Waals surface area contributed by atoms with E-state index in [2.05, 4.69) is 22.6 Å². The van der Waals surface area contributed by atoms with E-state index in [1.54, 1.807) is 0 Å². The molecule has 6 nitrogen and oxygen atoms in total. The molecule has 1 rings (SSSR count). The van der Waals surface area contributed by atoms with E-state index in [1.165, 1.54) is 35.6 Å². The third kappa shape index (κ3) is 5.11. The van der Waals surface area contributed by atoms with E-state index in [4.69, 9.17) is 0 Å². The molecular formula is C17H23IN2O4S. The fraction of sp³-hybridized carbons (Fsp3) is 0.412. The van der Waals surface area contributed by atoms with Crippen LogP contribution in [0.5, 0.6) is 0 Å². The molecule has 0 aliphatic heterocycles. The van der Waals surface area contributed by atoms with Gasteiger partial charge in [0.2, 0.25) is 10.0 Å². The van der Waals surface area contributed by atoms with Gasteiger partial charge in [0.05, 0.1) is 11.0 Å². The van der Waals surface area contributed by atoms with Crippen LogP contribution in [0.4, 0.5) is 5.69 Å². The Balaban J connectivity index is 3.48. The molecule has 0 radical (unpaired) electrons. The number of likely N-dealkylation sites (N-methyl/N-ethyl adjacent to an activating group) is 1. The zero-order chi connectivity index (χ0) is 19.2. The smallest absolute Gasteiger partial charge is 0.258 e. The number of para-hydroxylation sites is 1. The van der Waals surface area contributed by atoms with Crippen LogP contribution in [-0.2, 0) is 10.0 Å². The molecule has 0 heterocycles. The fourth-order valence-corrected chi connectivity index (χ4v) is 5.11. The van der Waals surface area contributed by atoms with E-state index in [1.807, 2.05) is 37.0 Å². The van der Waals surface area contributed by atoms with E-state index in [0.717, 1.165) is 12.0 Å². The van der Waals surface area contributed by atoms with Gasteiger partial charge < -0.3 is 0 Å². The Kier molecular flexibility index (Phi) is 8.23. The summed E-state index contributed by atoms with van der Waals surface area (Å²) in [6.45, 7) is 5.80. The quantitative estimate of drug-likeness (QED) is 0.238. The third-order valence-electron chi connectivity index (χ3n) is 3.98. The van der Waals surface area contributed by atoms with E-state index in [0.29, 0.717) is 0 Å². The molecule has 1 aromatic rings. The number of nitro groups is 1. The number of allylic oxidation sites excluding steroid dienone is 1. The summed E-state index contributed by atoms with van der Waals surface area (Å²) in [6, 6.07) is 5.01. The lowest BCUT2D eigenvalue weighted by molar-refractivity contribution is -0.387. The Morgan fingerprint density at radius 1 is 1.40 bits per heavy atom. The van der Waals surface area contributed by atoms with Crippen molar-refractivity contribution in [1.82, 2.24) is 4.31 Å². The van der Waals surface area contributed by atoms with Gasteiger partial charge in [-0.3, -0.25) is 10.1 Å². The van der Waals surface area contributed by atoms with Gasteiger partial charge in [-0.15, -0.1) is 0 Å². The van der Waals surface area contributed by atoms with E-state index >= 15 is 0 Å². The van der Waals surface area contributed by atoms with Crippen LogP contribution in [0.15, 0.2) is 51.0 Å². The molecule has 0 unspecified atom stereocenters. The minimum Gasteiger partial charge on any atom is -0.258 e. The van der Waals surface area contributed by atoms with E-state index in [9.17, 15) is 18.5 Å². The zero-order valence-corrected chi connectivity index (χ0v) is 17.7. The van der Waals surface area contributed by atoms with Gasteiger partial charge in [-0.05, 0) is 29.4 Å². The summed E-state index contributed by atoms with van der Waals surface area (Å²) in [7, 11) is -2.55. The van der Waals surface area contributed by atoms with Gasteiger partial charge in [-0.2, -0.15) is 4.31 Å². The summed E-state index contributed by atoms with van der Waals surface area (Å²) >= 11 is 2.09. The molecular weight excluding hydrogens is 455 g/mol. The third-order valence-corrected chi connectivity index (χ3v) is 6.28. The first-order valence-electron chi connectivity index (χ1n) is 7.83. The Hall–Kier alpha value is -1.26. The van der Waals surface area contributed by atoms with Gasteiger partial charge in [-0.1, -0.05) is 66.3 Å². The van der Waals surface area contributed by atoms with Gasteiger partial charge in [-0.25, -0.2) is 8.42 Å². The van der Waals surface area contributed by atoms with Crippen LogP contribution in [0.25, 0.3) is 0 Å². The maximum absolute atomic E-state index is 13.1. The van der Waals surface area contributed by atoms with Crippen LogP contribution >= 0.6 is 22.6 Å². The molecule has 0 aliphatic carbocycles. The van der Waals surface area contributed by atoms with Crippen molar-refractivity contribution in [2.24, 2.45) is 5.92 Å². The van der Waals surface area contributed by atoms with Crippen LogP contribution in [0.3, 0.4) is 0 Å². The van der Waals surface area contributed by atoms with Crippen molar-refractivity contribution in [3.05, 3.63) is 56.2 Å². The average molecular weight is 478 g/mol. The molecule has 0 aromatic heterocycles. The van der Waals surface area contributed by atoms with Gasteiger partial charge >= 0.3 is 0 Å². The molecule has 0 spiro atoms. The Morgan fingerprint density at radius 2 is 2.00 bits per heavy atom. The second-order valence-corrected chi connectivity index (χ2v) is 8.41. The van der Waals surface area contributed by atoms with Gasteiger partial charge in [0.1, 0.15) is 0 Å². The number of benzene rings is 1. The second kappa shape index (κ2) is 9.44. The van der Waals surface area contributed by atoms with Crippen molar-refractivity contribution < 1.29 is 13.3 Å². The minimum atomic E-state index is -4.03. The largest absolute Gasteiger partial charge is 0.289 e. The predicted octanol–water partition coefficient (Wildman–Crippen LogP) is 4.53. The van der Waals surface area contributed by atoms with Crippen molar-refractivity contribution in [1.29, 1.82) is 0 Å². The van der Waals surface area contributed by atoms with Crippen LogP contribution in [0, 0.1) is 16.0 Å². The molecule has 2 atom stereocenters. The molecule has 25 heavy (non-hydrogen) atoms. The van der Waals surface area contributed by atoms with E-state index in [-0.39, 0.29) is 10.8 Å². The molecule has 1 aromatic carbocycles. The van der Waals surface area contributed by atoms with Gasteiger partial charge in [0.25, 0.3) is 5.69 Å². The average Bonchev–Trinajstić information content (AvgIpc) is 2.55. The normalized spacial score (nSPS) is 15.5. The minimum absolute atomic E-state index is 0.0813. The SMILES string of the molecule is CC/C=C(\C)[C@H]([C@@H](C)/C=C/I)N(C)S(=O)(=O)c1ccccc1[N+](=O)[O-]. The molecule has 8 heteroatoms. The Labute approximate surface area is 163 Å². The standard InChI is InChI=1S/C17H23IN2O4S/c1-5-8-13(2)17(14(3)11-12-18)19(4)25(23,24)16-10-7-6-9-15(16)20(21)22/h6-12,14,17H,5H2,1-4H3/b12-11+,13-8+/t14-,17+/m0/s1. The zero-order valence-electron chi connectivity index (χ0n) is 14.7. The van der Waals surface area contributed by atoms with Crippen molar-refractivity contribution in [3.8, 4) is 0 Å². The summed E-state index contributed by atoms with van der Waals surface area (Å²) in [5, 5.41) is 11.2. The molecule has 0 aliphatic rings. The predicted molar refractivity (Wildman–Crippen MR) is 108 cm³/mol. The first-order valence-corrected chi connectivity index (χ1v) is 10.5. The number of hydrogen-bond donors (Lipinski definition) is 0. The highest BCUT2D eigenvalue weighted by Gasteiger charge is 2.35. The Morgan fingerprint density at radius 3 is 2.52 bits per heavy atom. The highest BCUT2D eigenvalue weighted by molar-refractivity contribution is 14.1. The summed E-state index contributed by atoms with van der Waals surface area (Å²) in [6.07, 6.45) is 4.68. The van der Waals surface area contributed by atoms with Crippen LogP contribution < -0.4 is 0 Å². The van der Waals surface area contributed by atoms with Crippen LogP contribution in [0.2, 0.25) is 0 Å². The van der Waals surface area contributed by atoms with E-state index < -0.39 is 26.7 Å². The lowest BCUT2D eigenvalue weighted by atomic mass is 9.95. The highest BCUT2D eigenvalue weighted by Crippen LogP contribution is 2.30. The monoisotopic (exact) mass is 478 g/mol. The van der Waals surface area contributed by atoms with Crippen molar-refractivity contribution in [2.75, 3.05) is 7.05 Å². The first-order chi connectivity index (χ1) is 11.7. The number of nitrogens with zero attached hydrogens (tertiary/aromatic N) is 2. The molecule has 0 saturated carbocycles. The van der Waals surface area contributed by atoms with Gasteiger partial charge in [0.15, 0.2) is 4.90 Å². The Bertz CT molecular complexity index is 775. The maximum atomic E-state index is 13.1. The summed E-state index contributed by atoms with van der Waals surface area (Å²) in [4.78, 5) is 10.3. The molecule has 0 N–H and O–H groups in total. The summed E-state index contributed by atoms with van der Waals surface area (Å²) < 4.78 is 29.3. The molecule has 0 fully saturated rings. The maximum Gasteiger partial charge on any atom is 0.289 e. The van der Waals surface area contributed by atoms with Crippen molar-refractivity contribution in [3.63, 3.8) is 0 Å². The second-order valence-electron chi connectivity index (χ2n) is 5.72. The first kappa shape index (κ1) is 21.8. The lowest BCUT2D eigenvalue weighted by Gasteiger charge is -2.31. The van der Waals surface area contributed by atoms with Crippen molar-refractivity contribution in [2.45, 2.75) is 38.1 Å². The number of rotatable bonds is 8. The van der Waals surface area contributed by atoms with Gasteiger partial charge in [0, 0.05) is 13.1 Å². The summed E-state index contributed by atoms with van der Waals surface area (Å²) in [5.74, 6) is -0.0813. The number of sulfonamides is 1. The topological polar surface area (TPSA) is 80.5 Å². The van der Waals surface area contributed by atoms with Crippen LogP contribution in [0.1, 0.15) is 27.2 Å². The number of hydrogen-bond acceptors (Lipinski definition) is 4. The lowest BCUT2D eigenvalue weighted by Crippen LogP contribution is -2.41. The molecule has 138 valence electrons. The highest BCUT2D eigenvalue weighted by atomic mass is 127. The molecule has 0 bridgehead atoms. The number of nitro benzene ring substituents is 1. The molecule has 0 amide bonds. The van der Waals surface area contributed by atoms with Crippen LogP contribution in [-0.4, -0.2) is 30.7 Å². The molecule has 0 saturated heterocycles. The van der Waals surface area contributed by atoms with Crippen molar-refractivity contribution >= 4 is 38.3 Å². The summed E-state index contributed by atoms with van der Waals surface area (Å²) in [5.41, 5.74) is 0.497. The number of halogens is 1.